The number of nitrogens with zero attached hydrogens (tertiary/aromatic N) is 1. The third-order valence-electron chi connectivity index (χ3n) is 1.87. The Morgan fingerprint density at radius 3 is 2.33 bits per heavy atom. The third-order valence-corrected chi connectivity index (χ3v) is 1.87. The molecule has 2 heteroatoms. The van der Waals surface area contributed by atoms with Crippen LogP contribution in [-0.4, -0.2) is 30.8 Å². The number of fused-ring (bicyclic) bond motifs is 1. The zero-order valence-corrected chi connectivity index (χ0v) is 6.42. The number of hydrogen-bond donors (Lipinski definition) is 0. The van der Waals surface area contributed by atoms with Gasteiger partial charge in [-0.3, -0.25) is 4.90 Å². The van der Waals surface area contributed by atoms with Crippen LogP contribution >= 0.6 is 0 Å². The molecule has 2 aliphatic rings. The van der Waals surface area contributed by atoms with Crippen LogP contribution in [-0.2, 0) is 4.74 Å². The molecule has 0 saturated carbocycles. The van der Waals surface area contributed by atoms with Crippen LogP contribution in [0.4, 0.5) is 0 Å². The Kier molecular flexibility index (Phi) is 2.09. The maximum absolute atomic E-state index is 5.27. The molecule has 0 N–H and O–H groups in total. The van der Waals surface area contributed by atoms with E-state index in [1.165, 1.54) is 6.42 Å². The fourth-order valence-corrected chi connectivity index (χ4v) is 1.26. The zero-order chi connectivity index (χ0) is 6.85. The van der Waals surface area contributed by atoms with Crippen molar-refractivity contribution >= 4 is 0 Å². The Labute approximate surface area is 56.8 Å². The van der Waals surface area contributed by atoms with Crippen LogP contribution in [0.25, 0.3) is 0 Å². The summed E-state index contributed by atoms with van der Waals surface area (Å²) in [5, 5.41) is 0. The zero-order valence-electron chi connectivity index (χ0n) is 6.42. The van der Waals surface area contributed by atoms with Crippen molar-refractivity contribution in [2.24, 2.45) is 0 Å². The fraction of sp³-hybridized carbons (Fsp3) is 1.00. The standard InChI is InChI=1S/C5H9NO.C2H6/c1-6-4-2-3-7-5(4)6;1-2/h4-5H,2-3H2,1H3;1-2H3. The van der Waals surface area contributed by atoms with Gasteiger partial charge in [0.2, 0.25) is 0 Å². The summed E-state index contributed by atoms with van der Waals surface area (Å²) >= 11 is 0. The highest BCUT2D eigenvalue weighted by Gasteiger charge is 2.49. The predicted molar refractivity (Wildman–Crippen MR) is 37.3 cm³/mol. The van der Waals surface area contributed by atoms with Gasteiger partial charge >= 0.3 is 0 Å². The number of ether oxygens (including phenoxy) is 1. The van der Waals surface area contributed by atoms with Gasteiger partial charge in [0, 0.05) is 0 Å². The Morgan fingerprint density at radius 1 is 1.44 bits per heavy atom. The Balaban J connectivity index is 0.000000186. The second-order valence-electron chi connectivity index (χ2n) is 2.28. The van der Waals surface area contributed by atoms with Gasteiger partial charge in [-0.2, -0.15) is 0 Å². The summed E-state index contributed by atoms with van der Waals surface area (Å²) in [5.41, 5.74) is 0. The summed E-state index contributed by atoms with van der Waals surface area (Å²) in [4.78, 5) is 2.25. The van der Waals surface area contributed by atoms with E-state index >= 15 is 0 Å². The minimum atomic E-state index is 0.514. The molecule has 0 aromatic rings. The monoisotopic (exact) mass is 129 g/mol. The molecule has 0 spiro atoms. The molecule has 2 rings (SSSR count). The molecule has 0 amide bonds. The first-order chi connectivity index (χ1) is 4.39. The Morgan fingerprint density at radius 2 is 2.11 bits per heavy atom. The van der Waals surface area contributed by atoms with Gasteiger partial charge in [-0.1, -0.05) is 13.8 Å². The second kappa shape index (κ2) is 2.67. The molecule has 2 heterocycles. The summed E-state index contributed by atoms with van der Waals surface area (Å²) in [6.45, 7) is 4.99. The van der Waals surface area contributed by atoms with Crippen molar-refractivity contribution in [3.63, 3.8) is 0 Å². The summed E-state index contributed by atoms with van der Waals surface area (Å²) in [7, 11) is 2.11. The minimum Gasteiger partial charge on any atom is -0.361 e. The lowest BCUT2D eigenvalue weighted by atomic mass is 10.4. The molecule has 2 saturated heterocycles. The van der Waals surface area contributed by atoms with Crippen LogP contribution in [0, 0.1) is 0 Å². The average molecular weight is 129 g/mol. The first-order valence-corrected chi connectivity index (χ1v) is 3.73. The Bertz CT molecular complexity index is 84.9. The van der Waals surface area contributed by atoms with Gasteiger partial charge in [0.15, 0.2) is 0 Å². The van der Waals surface area contributed by atoms with E-state index in [1.54, 1.807) is 0 Å². The second-order valence-corrected chi connectivity index (χ2v) is 2.28. The lowest BCUT2D eigenvalue weighted by Gasteiger charge is -1.96. The van der Waals surface area contributed by atoms with Crippen molar-refractivity contribution in [2.75, 3.05) is 13.7 Å². The van der Waals surface area contributed by atoms with E-state index in [9.17, 15) is 0 Å². The minimum absolute atomic E-state index is 0.514. The number of likely N-dealkylation sites (N-methyl/N-ethyl adjacent to an activating group) is 1. The lowest BCUT2D eigenvalue weighted by molar-refractivity contribution is 0.106. The first-order valence-electron chi connectivity index (χ1n) is 3.73. The maximum atomic E-state index is 5.27. The fourth-order valence-electron chi connectivity index (χ4n) is 1.26. The highest BCUT2D eigenvalue weighted by atomic mass is 16.5. The summed E-state index contributed by atoms with van der Waals surface area (Å²) in [6.07, 6.45) is 1.77. The maximum Gasteiger partial charge on any atom is 0.126 e. The quantitative estimate of drug-likeness (QED) is 0.454. The molecule has 2 nitrogen and oxygen atoms in total. The predicted octanol–water partition coefficient (Wildman–Crippen LogP) is 1.07. The SMILES string of the molecule is CC.CN1C2CCOC21. The van der Waals surface area contributed by atoms with E-state index in [-0.39, 0.29) is 0 Å². The van der Waals surface area contributed by atoms with E-state index in [1.807, 2.05) is 13.8 Å². The Hall–Kier alpha value is -0.0800. The van der Waals surface area contributed by atoms with Gasteiger partial charge in [0.25, 0.3) is 0 Å². The molecule has 9 heavy (non-hydrogen) atoms. The largest absolute Gasteiger partial charge is 0.361 e. The molecule has 3 unspecified atom stereocenters. The van der Waals surface area contributed by atoms with Crippen LogP contribution in [0.3, 0.4) is 0 Å². The molecular weight excluding hydrogens is 114 g/mol. The van der Waals surface area contributed by atoms with Crippen molar-refractivity contribution < 1.29 is 4.74 Å². The van der Waals surface area contributed by atoms with Gasteiger partial charge in [-0.05, 0) is 13.5 Å². The van der Waals surface area contributed by atoms with Gasteiger partial charge in [0.1, 0.15) is 6.23 Å². The van der Waals surface area contributed by atoms with Crippen LogP contribution in [0.2, 0.25) is 0 Å². The molecule has 54 valence electrons. The molecule has 0 aromatic heterocycles. The van der Waals surface area contributed by atoms with Crippen LogP contribution in [0.5, 0.6) is 0 Å². The molecule has 0 radical (unpaired) electrons. The molecule has 0 aliphatic carbocycles. The van der Waals surface area contributed by atoms with Gasteiger partial charge in [-0.15, -0.1) is 0 Å². The number of hydrogen-bond acceptors (Lipinski definition) is 2. The lowest BCUT2D eigenvalue weighted by Crippen LogP contribution is -2.02. The van der Waals surface area contributed by atoms with Gasteiger partial charge in [-0.25, -0.2) is 0 Å². The number of rotatable bonds is 0. The smallest absolute Gasteiger partial charge is 0.126 e. The van der Waals surface area contributed by atoms with Gasteiger partial charge < -0.3 is 4.74 Å². The molecule has 0 aromatic carbocycles. The third kappa shape index (κ3) is 1.10. The first kappa shape index (κ1) is 7.03. The van der Waals surface area contributed by atoms with Crippen molar-refractivity contribution in [2.45, 2.75) is 32.5 Å². The van der Waals surface area contributed by atoms with E-state index < -0.39 is 0 Å². The molecule has 3 atom stereocenters. The molecule has 0 bridgehead atoms. The molecular formula is C7H15NO. The van der Waals surface area contributed by atoms with E-state index in [4.69, 9.17) is 4.74 Å². The summed E-state index contributed by atoms with van der Waals surface area (Å²) < 4.78 is 5.27. The average Bonchev–Trinajstić information content (AvgIpc) is 2.36. The van der Waals surface area contributed by atoms with Crippen molar-refractivity contribution in [3.05, 3.63) is 0 Å². The molecule has 2 aliphatic heterocycles. The van der Waals surface area contributed by atoms with E-state index in [2.05, 4.69) is 11.9 Å². The van der Waals surface area contributed by atoms with Crippen molar-refractivity contribution in [3.8, 4) is 0 Å². The highest BCUT2D eigenvalue weighted by Crippen LogP contribution is 2.34. The van der Waals surface area contributed by atoms with E-state index in [0.29, 0.717) is 6.23 Å². The summed E-state index contributed by atoms with van der Waals surface area (Å²) in [6, 6.07) is 0.792. The normalized spacial score (nSPS) is 45.0. The summed E-state index contributed by atoms with van der Waals surface area (Å²) in [5.74, 6) is 0. The van der Waals surface area contributed by atoms with Crippen molar-refractivity contribution in [1.29, 1.82) is 0 Å². The highest BCUT2D eigenvalue weighted by molar-refractivity contribution is 4.96. The van der Waals surface area contributed by atoms with Crippen LogP contribution in [0.15, 0.2) is 0 Å². The van der Waals surface area contributed by atoms with Crippen LogP contribution in [0.1, 0.15) is 20.3 Å². The van der Waals surface area contributed by atoms with Crippen LogP contribution < -0.4 is 0 Å². The van der Waals surface area contributed by atoms with E-state index in [0.717, 1.165) is 12.6 Å². The van der Waals surface area contributed by atoms with Gasteiger partial charge in [0.05, 0.1) is 12.6 Å². The topological polar surface area (TPSA) is 12.2 Å². The van der Waals surface area contributed by atoms with Crippen molar-refractivity contribution in [1.82, 2.24) is 4.90 Å². The molecule has 2 fully saturated rings.